The minimum absolute atomic E-state index is 0.0368. The molecule has 0 bridgehead atoms. The predicted molar refractivity (Wildman–Crippen MR) is 120 cm³/mol. The summed E-state index contributed by atoms with van der Waals surface area (Å²) in [7, 11) is 0. The quantitative estimate of drug-likeness (QED) is 0.665. The Hall–Kier alpha value is -3.40. The van der Waals surface area contributed by atoms with E-state index >= 15 is 0 Å². The fraction of sp³-hybridized carbons (Fsp3) is 0.375. The van der Waals surface area contributed by atoms with E-state index in [1.807, 2.05) is 60.4 Å². The molecule has 34 heavy (non-hydrogen) atoms. The third-order valence-corrected chi connectivity index (χ3v) is 5.07. The van der Waals surface area contributed by atoms with Crippen LogP contribution in [-0.4, -0.2) is 71.6 Å². The molecule has 0 spiro atoms. The van der Waals surface area contributed by atoms with Crippen molar-refractivity contribution in [3.63, 3.8) is 0 Å². The molecule has 2 aromatic rings. The molecule has 184 valence electrons. The summed E-state index contributed by atoms with van der Waals surface area (Å²) >= 11 is 0. The summed E-state index contributed by atoms with van der Waals surface area (Å²) in [6.07, 6.45) is -4.73. The number of halogens is 3. The van der Waals surface area contributed by atoms with Crippen LogP contribution in [0.1, 0.15) is 27.9 Å². The summed E-state index contributed by atoms with van der Waals surface area (Å²) in [6, 6.07) is 17.4. The fourth-order valence-electron chi connectivity index (χ4n) is 3.35. The van der Waals surface area contributed by atoms with Crippen molar-refractivity contribution in [3.05, 3.63) is 71.3 Å². The normalized spacial score (nSPS) is 13.5. The van der Waals surface area contributed by atoms with E-state index < -0.39 is 12.1 Å². The highest BCUT2D eigenvalue weighted by atomic mass is 19.4. The van der Waals surface area contributed by atoms with E-state index in [9.17, 15) is 22.8 Å². The number of alkyl halides is 3. The lowest BCUT2D eigenvalue weighted by Crippen LogP contribution is -2.47. The highest BCUT2D eigenvalue weighted by Crippen LogP contribution is 2.14. The smallest absolute Gasteiger partial charge is 0.475 e. The molecule has 1 heterocycles. The Labute approximate surface area is 196 Å². The van der Waals surface area contributed by atoms with Crippen molar-refractivity contribution in [2.45, 2.75) is 26.1 Å². The molecule has 2 aromatic carbocycles. The van der Waals surface area contributed by atoms with Gasteiger partial charge in [-0.2, -0.15) is 13.2 Å². The van der Waals surface area contributed by atoms with Crippen LogP contribution < -0.4 is 5.32 Å². The number of nitrogens with zero attached hydrogens (tertiary/aromatic N) is 2. The van der Waals surface area contributed by atoms with Crippen molar-refractivity contribution >= 4 is 17.8 Å². The molecular weight excluding hydrogens is 451 g/mol. The van der Waals surface area contributed by atoms with Gasteiger partial charge in [-0.15, -0.1) is 0 Å². The number of hydrogen-bond acceptors (Lipinski definition) is 4. The summed E-state index contributed by atoms with van der Waals surface area (Å²) in [5.74, 6) is -2.68. The number of piperazine rings is 1. The van der Waals surface area contributed by atoms with Gasteiger partial charge in [-0.25, -0.2) is 4.79 Å². The number of rotatable bonds is 6. The van der Waals surface area contributed by atoms with Crippen LogP contribution in [0.3, 0.4) is 0 Å². The number of hydrogen-bond donors (Lipinski definition) is 2. The minimum Gasteiger partial charge on any atom is -0.475 e. The van der Waals surface area contributed by atoms with Gasteiger partial charge in [0.05, 0.1) is 0 Å². The zero-order valence-corrected chi connectivity index (χ0v) is 18.8. The monoisotopic (exact) mass is 479 g/mol. The summed E-state index contributed by atoms with van der Waals surface area (Å²) in [5, 5.41) is 10.4. The van der Waals surface area contributed by atoms with Crippen LogP contribution in [-0.2, 0) is 16.1 Å². The van der Waals surface area contributed by atoms with Gasteiger partial charge in [0.1, 0.15) is 0 Å². The summed E-state index contributed by atoms with van der Waals surface area (Å²) < 4.78 is 31.7. The Kier molecular flexibility index (Phi) is 10.1. The maximum atomic E-state index is 13.0. The molecule has 10 heteroatoms. The first-order chi connectivity index (χ1) is 16.1. The number of benzene rings is 2. The van der Waals surface area contributed by atoms with Crippen LogP contribution in [0.2, 0.25) is 0 Å². The molecule has 0 radical (unpaired) electrons. The third kappa shape index (κ3) is 8.86. The van der Waals surface area contributed by atoms with Gasteiger partial charge in [0.2, 0.25) is 5.91 Å². The molecule has 7 nitrogen and oxygen atoms in total. The van der Waals surface area contributed by atoms with Crippen molar-refractivity contribution in [1.82, 2.24) is 15.1 Å². The first-order valence-corrected chi connectivity index (χ1v) is 10.8. The molecule has 1 aliphatic rings. The second-order valence-corrected chi connectivity index (χ2v) is 7.77. The number of aryl methyl sites for hydroxylation is 1. The van der Waals surface area contributed by atoms with Gasteiger partial charge >= 0.3 is 12.1 Å². The molecule has 2 amide bonds. The molecule has 1 aliphatic heterocycles. The minimum atomic E-state index is -5.08. The molecule has 3 rings (SSSR count). The zero-order valence-electron chi connectivity index (χ0n) is 18.8. The van der Waals surface area contributed by atoms with E-state index in [0.29, 0.717) is 25.1 Å². The van der Waals surface area contributed by atoms with Crippen LogP contribution in [0.5, 0.6) is 0 Å². The average Bonchev–Trinajstić information content (AvgIpc) is 2.82. The molecule has 0 atom stereocenters. The van der Waals surface area contributed by atoms with E-state index in [4.69, 9.17) is 9.90 Å². The number of aliphatic carboxylic acids is 1. The number of carbonyl (C=O) groups excluding carboxylic acids is 2. The van der Waals surface area contributed by atoms with Gasteiger partial charge < -0.3 is 20.2 Å². The van der Waals surface area contributed by atoms with Crippen LogP contribution in [0.4, 0.5) is 13.2 Å². The lowest BCUT2D eigenvalue weighted by molar-refractivity contribution is -0.192. The third-order valence-electron chi connectivity index (χ3n) is 5.07. The Balaban J connectivity index is 0.000000509. The lowest BCUT2D eigenvalue weighted by atomic mass is 10.1. The summed E-state index contributed by atoms with van der Waals surface area (Å²) in [4.78, 5) is 38.1. The molecule has 0 aliphatic carbocycles. The predicted octanol–water partition coefficient (Wildman–Crippen LogP) is 3.09. The van der Waals surface area contributed by atoms with Crippen molar-refractivity contribution in [2.24, 2.45) is 0 Å². The van der Waals surface area contributed by atoms with Gasteiger partial charge in [0.25, 0.3) is 5.91 Å². The van der Waals surface area contributed by atoms with E-state index in [-0.39, 0.29) is 11.8 Å². The summed E-state index contributed by atoms with van der Waals surface area (Å²) in [5.41, 5.74) is 2.89. The Morgan fingerprint density at radius 3 is 2.21 bits per heavy atom. The second kappa shape index (κ2) is 12.7. The van der Waals surface area contributed by atoms with Gasteiger partial charge in [-0.3, -0.25) is 9.59 Å². The second-order valence-electron chi connectivity index (χ2n) is 7.77. The van der Waals surface area contributed by atoms with Gasteiger partial charge in [-0.1, -0.05) is 48.0 Å². The first kappa shape index (κ1) is 26.8. The summed E-state index contributed by atoms with van der Waals surface area (Å²) in [6.45, 7) is 6.12. The van der Waals surface area contributed by atoms with Gasteiger partial charge in [-0.05, 0) is 24.6 Å². The highest BCUT2D eigenvalue weighted by molar-refractivity contribution is 5.94. The average molecular weight is 479 g/mol. The van der Waals surface area contributed by atoms with Gasteiger partial charge in [0.15, 0.2) is 0 Å². The molecule has 1 fully saturated rings. The maximum Gasteiger partial charge on any atom is 0.490 e. The van der Waals surface area contributed by atoms with E-state index in [0.717, 1.165) is 37.3 Å². The molecule has 0 unspecified atom stereocenters. The van der Waals surface area contributed by atoms with Crippen molar-refractivity contribution < 1.29 is 32.7 Å². The van der Waals surface area contributed by atoms with Crippen molar-refractivity contribution in [3.8, 4) is 0 Å². The van der Waals surface area contributed by atoms with Crippen LogP contribution in [0, 0.1) is 6.92 Å². The van der Waals surface area contributed by atoms with Crippen LogP contribution in [0.25, 0.3) is 0 Å². The van der Waals surface area contributed by atoms with Crippen molar-refractivity contribution in [1.29, 1.82) is 0 Å². The largest absolute Gasteiger partial charge is 0.490 e. The molecule has 2 N–H and O–H groups in total. The van der Waals surface area contributed by atoms with Crippen molar-refractivity contribution in [2.75, 3.05) is 32.7 Å². The zero-order chi connectivity index (χ0) is 25.1. The highest BCUT2D eigenvalue weighted by Gasteiger charge is 2.38. The molecule has 0 aromatic heterocycles. The SMILES string of the molecule is Cc1cccc(CN(CCC(=O)N2CCNCC2)C(=O)c2ccccc2)c1.O=C(O)C(F)(F)F. The topological polar surface area (TPSA) is 90.0 Å². The maximum absolute atomic E-state index is 13.0. The first-order valence-electron chi connectivity index (χ1n) is 10.8. The number of carboxylic acid groups (broad SMARTS) is 1. The molecular formula is C24H28F3N3O4. The number of amides is 2. The number of nitrogens with one attached hydrogen (secondary N) is 1. The van der Waals surface area contributed by atoms with E-state index in [1.165, 1.54) is 0 Å². The van der Waals surface area contributed by atoms with Gasteiger partial charge in [0, 0.05) is 51.3 Å². The lowest BCUT2D eigenvalue weighted by Gasteiger charge is -2.29. The number of carbonyl (C=O) groups is 3. The molecule has 1 saturated heterocycles. The van der Waals surface area contributed by atoms with Crippen LogP contribution in [0.15, 0.2) is 54.6 Å². The molecule has 0 saturated carbocycles. The fourth-order valence-corrected chi connectivity index (χ4v) is 3.35. The van der Waals surface area contributed by atoms with E-state index in [2.05, 4.69) is 11.4 Å². The number of carboxylic acids is 1. The Morgan fingerprint density at radius 2 is 1.65 bits per heavy atom. The van der Waals surface area contributed by atoms with E-state index in [1.54, 1.807) is 4.90 Å². The standard InChI is InChI=1S/C22H27N3O2.C2HF3O2/c1-18-6-5-7-19(16-18)17-25(22(27)20-8-3-2-4-9-20)13-10-21(26)24-14-11-23-12-15-24;3-2(4,5)1(6)7/h2-9,16,23H,10-15,17H2,1H3;(H,6,7). The van der Waals surface area contributed by atoms with Crippen LogP contribution >= 0.6 is 0 Å². The Morgan fingerprint density at radius 1 is 1.03 bits per heavy atom. The Bertz CT molecular complexity index is 961.